The lowest BCUT2D eigenvalue weighted by Gasteiger charge is -2.07. The molecule has 0 atom stereocenters. The number of imidazole rings is 1. The minimum atomic E-state index is -0.685. The Labute approximate surface area is 168 Å². The summed E-state index contributed by atoms with van der Waals surface area (Å²) in [6.07, 6.45) is 2.87. The number of carbonyl (C=O) groups excluding carboxylic acids is 1. The SMILES string of the molecule is Cn1c(=O)c2c(ncn2CCOC(=O)c2ccn(-c3ccccc3F)n2)n(C)c1=O. The van der Waals surface area contributed by atoms with Gasteiger partial charge in [0.05, 0.1) is 12.9 Å². The topological polar surface area (TPSA) is 106 Å². The number of aromatic nitrogens is 6. The Balaban J connectivity index is 1.48. The quantitative estimate of drug-likeness (QED) is 0.445. The second-order valence-corrected chi connectivity index (χ2v) is 6.55. The van der Waals surface area contributed by atoms with Gasteiger partial charge in [-0.3, -0.25) is 13.9 Å². The average Bonchev–Trinajstić information content (AvgIpc) is 3.39. The zero-order chi connectivity index (χ0) is 21.4. The molecule has 0 saturated heterocycles. The Bertz CT molecular complexity index is 1380. The van der Waals surface area contributed by atoms with E-state index < -0.39 is 23.0 Å². The predicted molar refractivity (Wildman–Crippen MR) is 104 cm³/mol. The Morgan fingerprint density at radius 3 is 2.67 bits per heavy atom. The van der Waals surface area contributed by atoms with Gasteiger partial charge in [0.1, 0.15) is 18.1 Å². The van der Waals surface area contributed by atoms with E-state index >= 15 is 0 Å². The van der Waals surface area contributed by atoms with Crippen molar-refractivity contribution >= 4 is 17.1 Å². The zero-order valence-electron chi connectivity index (χ0n) is 16.1. The van der Waals surface area contributed by atoms with Crippen LogP contribution in [0.4, 0.5) is 4.39 Å². The van der Waals surface area contributed by atoms with Gasteiger partial charge in [0.15, 0.2) is 16.9 Å². The van der Waals surface area contributed by atoms with E-state index in [0.29, 0.717) is 0 Å². The van der Waals surface area contributed by atoms with Crippen molar-refractivity contribution in [2.75, 3.05) is 6.61 Å². The first kappa shape index (κ1) is 19.3. The summed E-state index contributed by atoms with van der Waals surface area (Å²) in [7, 11) is 2.90. The van der Waals surface area contributed by atoms with Gasteiger partial charge in [0, 0.05) is 20.3 Å². The maximum absolute atomic E-state index is 13.9. The van der Waals surface area contributed by atoms with Crippen molar-refractivity contribution < 1.29 is 13.9 Å². The first-order valence-corrected chi connectivity index (χ1v) is 8.97. The first-order valence-electron chi connectivity index (χ1n) is 8.97. The normalized spacial score (nSPS) is 11.2. The maximum atomic E-state index is 13.9. The highest BCUT2D eigenvalue weighted by molar-refractivity contribution is 5.87. The Kier molecular flexibility index (Phi) is 4.78. The molecule has 4 aromatic rings. The molecule has 0 amide bonds. The van der Waals surface area contributed by atoms with Crippen LogP contribution >= 0.6 is 0 Å². The fourth-order valence-corrected chi connectivity index (χ4v) is 3.08. The van der Waals surface area contributed by atoms with Crippen LogP contribution in [0.5, 0.6) is 0 Å². The van der Waals surface area contributed by atoms with Gasteiger partial charge >= 0.3 is 11.7 Å². The van der Waals surface area contributed by atoms with E-state index in [1.807, 2.05) is 0 Å². The monoisotopic (exact) mass is 412 g/mol. The summed E-state index contributed by atoms with van der Waals surface area (Å²) < 4.78 is 24.1. The summed E-state index contributed by atoms with van der Waals surface area (Å²) in [5.74, 6) is -1.15. The molecule has 11 heteroatoms. The fourth-order valence-electron chi connectivity index (χ4n) is 3.08. The highest BCUT2D eigenvalue weighted by atomic mass is 19.1. The smallest absolute Gasteiger partial charge is 0.358 e. The molecule has 0 fully saturated rings. The zero-order valence-corrected chi connectivity index (χ0v) is 16.1. The van der Waals surface area contributed by atoms with Crippen molar-refractivity contribution in [1.82, 2.24) is 28.5 Å². The highest BCUT2D eigenvalue weighted by Gasteiger charge is 2.16. The molecule has 30 heavy (non-hydrogen) atoms. The van der Waals surface area contributed by atoms with Crippen molar-refractivity contribution in [3.63, 3.8) is 0 Å². The number of aryl methyl sites for hydroxylation is 1. The summed E-state index contributed by atoms with van der Waals surface area (Å²) in [5.41, 5.74) is -0.248. The van der Waals surface area contributed by atoms with Gasteiger partial charge < -0.3 is 9.30 Å². The van der Waals surface area contributed by atoms with Crippen LogP contribution in [0.3, 0.4) is 0 Å². The molecule has 0 radical (unpaired) electrons. The average molecular weight is 412 g/mol. The predicted octanol–water partition coefficient (Wildman–Crippen LogP) is 0.615. The van der Waals surface area contributed by atoms with Crippen molar-refractivity contribution in [2.45, 2.75) is 6.54 Å². The van der Waals surface area contributed by atoms with Crippen molar-refractivity contribution in [3.05, 3.63) is 75.2 Å². The number of hydrogen-bond donors (Lipinski definition) is 0. The number of carbonyl (C=O) groups is 1. The minimum absolute atomic E-state index is 0.0204. The molecule has 0 aliphatic rings. The number of nitrogens with zero attached hydrogens (tertiary/aromatic N) is 6. The molecule has 3 aromatic heterocycles. The van der Waals surface area contributed by atoms with Gasteiger partial charge in [-0.1, -0.05) is 12.1 Å². The third-order valence-corrected chi connectivity index (χ3v) is 4.68. The maximum Gasteiger partial charge on any atom is 0.358 e. The number of hydrogen-bond acceptors (Lipinski definition) is 6. The lowest BCUT2D eigenvalue weighted by Crippen LogP contribution is -2.37. The molecule has 0 aliphatic heterocycles. The van der Waals surface area contributed by atoms with Crippen LogP contribution in [0.25, 0.3) is 16.9 Å². The van der Waals surface area contributed by atoms with E-state index in [9.17, 15) is 18.8 Å². The summed E-state index contributed by atoms with van der Waals surface area (Å²) in [4.78, 5) is 40.7. The molecular formula is C19H17FN6O4. The fraction of sp³-hybridized carbons (Fsp3) is 0.211. The number of para-hydroxylation sites is 1. The number of rotatable bonds is 5. The standard InChI is InChI=1S/C19H17FN6O4/c1-23-16-15(17(27)24(2)19(23)29)25(11-21-16)9-10-30-18(28)13-7-8-26(22-13)14-6-4-3-5-12(14)20/h3-8,11H,9-10H2,1-2H3. The number of fused-ring (bicyclic) bond motifs is 1. The molecule has 0 unspecified atom stereocenters. The van der Waals surface area contributed by atoms with Crippen LogP contribution in [-0.2, 0) is 25.4 Å². The van der Waals surface area contributed by atoms with E-state index in [1.165, 1.54) is 58.6 Å². The van der Waals surface area contributed by atoms with E-state index in [4.69, 9.17) is 4.74 Å². The summed E-state index contributed by atoms with van der Waals surface area (Å²) in [5, 5.41) is 4.05. The molecular weight excluding hydrogens is 395 g/mol. The molecule has 4 rings (SSSR count). The first-order chi connectivity index (χ1) is 14.4. The second-order valence-electron chi connectivity index (χ2n) is 6.55. The van der Waals surface area contributed by atoms with Gasteiger partial charge in [-0.2, -0.15) is 5.10 Å². The summed E-state index contributed by atoms with van der Waals surface area (Å²) in [6, 6.07) is 7.48. The lowest BCUT2D eigenvalue weighted by molar-refractivity contribution is 0.0485. The van der Waals surface area contributed by atoms with Crippen molar-refractivity contribution in [3.8, 4) is 5.69 Å². The van der Waals surface area contributed by atoms with E-state index in [1.54, 1.807) is 12.1 Å². The van der Waals surface area contributed by atoms with Gasteiger partial charge in [-0.25, -0.2) is 23.6 Å². The Morgan fingerprint density at radius 2 is 1.90 bits per heavy atom. The number of esters is 1. The summed E-state index contributed by atoms with van der Waals surface area (Å²) in [6.45, 7) is 0.104. The van der Waals surface area contributed by atoms with Crippen LogP contribution < -0.4 is 11.2 Å². The molecule has 1 aromatic carbocycles. The van der Waals surface area contributed by atoms with E-state index in [2.05, 4.69) is 10.1 Å². The molecule has 154 valence electrons. The second kappa shape index (κ2) is 7.43. The van der Waals surface area contributed by atoms with Crippen LogP contribution in [0.2, 0.25) is 0 Å². The Morgan fingerprint density at radius 1 is 1.13 bits per heavy atom. The molecule has 0 spiro atoms. The van der Waals surface area contributed by atoms with E-state index in [0.717, 1.165) is 4.57 Å². The minimum Gasteiger partial charge on any atom is -0.459 e. The molecule has 0 bridgehead atoms. The molecule has 10 nitrogen and oxygen atoms in total. The number of ether oxygens (including phenoxy) is 1. The number of halogens is 1. The molecule has 0 saturated carbocycles. The third-order valence-electron chi connectivity index (χ3n) is 4.68. The lowest BCUT2D eigenvalue weighted by atomic mass is 10.3. The van der Waals surface area contributed by atoms with Crippen LogP contribution in [0, 0.1) is 5.82 Å². The third kappa shape index (κ3) is 3.19. The largest absolute Gasteiger partial charge is 0.459 e. The molecule has 0 aliphatic carbocycles. The van der Waals surface area contributed by atoms with Gasteiger partial charge in [-0.05, 0) is 18.2 Å². The number of benzene rings is 1. The Hall–Kier alpha value is -4.02. The van der Waals surface area contributed by atoms with Gasteiger partial charge in [0.25, 0.3) is 5.56 Å². The van der Waals surface area contributed by atoms with Gasteiger partial charge in [0.2, 0.25) is 0 Å². The van der Waals surface area contributed by atoms with E-state index in [-0.39, 0.29) is 35.7 Å². The van der Waals surface area contributed by atoms with Gasteiger partial charge in [-0.15, -0.1) is 0 Å². The highest BCUT2D eigenvalue weighted by Crippen LogP contribution is 2.12. The van der Waals surface area contributed by atoms with Crippen LogP contribution in [-0.4, -0.2) is 41.0 Å². The van der Waals surface area contributed by atoms with Crippen LogP contribution in [0.15, 0.2) is 52.4 Å². The summed E-state index contributed by atoms with van der Waals surface area (Å²) >= 11 is 0. The van der Waals surface area contributed by atoms with Crippen molar-refractivity contribution in [2.24, 2.45) is 14.1 Å². The van der Waals surface area contributed by atoms with Crippen molar-refractivity contribution in [1.29, 1.82) is 0 Å². The molecule has 3 heterocycles. The van der Waals surface area contributed by atoms with Crippen LogP contribution in [0.1, 0.15) is 10.5 Å². The molecule has 0 N–H and O–H groups in total.